The van der Waals surface area contributed by atoms with Crippen LogP contribution in [0.25, 0.3) is 22.4 Å². The fourth-order valence-corrected chi connectivity index (χ4v) is 5.54. The van der Waals surface area contributed by atoms with Crippen LogP contribution < -0.4 is 0 Å². The molecule has 5 rings (SSSR count). The zero-order valence-electron chi connectivity index (χ0n) is 18.5. The van der Waals surface area contributed by atoms with E-state index in [1.807, 2.05) is 49.4 Å². The number of carbonyl (C=O) groups excluding carboxylic acids is 1. The second-order valence-electron chi connectivity index (χ2n) is 9.28. The van der Waals surface area contributed by atoms with Crippen molar-refractivity contribution >= 4 is 16.8 Å². The molecule has 0 bridgehead atoms. The van der Waals surface area contributed by atoms with Gasteiger partial charge >= 0.3 is 0 Å². The molecule has 0 spiro atoms. The van der Waals surface area contributed by atoms with Crippen LogP contribution >= 0.6 is 0 Å². The molecule has 0 radical (unpaired) electrons. The van der Waals surface area contributed by atoms with Gasteiger partial charge in [0.1, 0.15) is 11.5 Å². The number of pyridine rings is 1. The van der Waals surface area contributed by atoms with Crippen molar-refractivity contribution in [3.05, 3.63) is 53.8 Å². The minimum Gasteiger partial charge on any atom is -0.460 e. The van der Waals surface area contributed by atoms with Gasteiger partial charge in [-0.1, -0.05) is 56.7 Å². The van der Waals surface area contributed by atoms with Crippen LogP contribution in [0.4, 0.5) is 0 Å². The predicted octanol–water partition coefficient (Wildman–Crippen LogP) is 6.91. The smallest absolute Gasteiger partial charge is 0.255 e. The lowest BCUT2D eigenvalue weighted by Crippen LogP contribution is -2.48. The summed E-state index contributed by atoms with van der Waals surface area (Å²) in [5.41, 5.74) is 2.36. The SMILES string of the molecule is Cc1ccc(-c2cc(C(=O)N(C3CCCCC3)C3CCCCC3)c3ccccc3n2)o1. The van der Waals surface area contributed by atoms with Crippen LogP contribution in [-0.4, -0.2) is 27.9 Å². The van der Waals surface area contributed by atoms with Crippen molar-refractivity contribution in [2.24, 2.45) is 0 Å². The summed E-state index contributed by atoms with van der Waals surface area (Å²) in [6, 6.07) is 14.6. The molecule has 3 aromatic rings. The van der Waals surface area contributed by atoms with E-state index in [4.69, 9.17) is 9.40 Å². The van der Waals surface area contributed by atoms with Gasteiger partial charge in [-0.15, -0.1) is 0 Å². The molecule has 4 nitrogen and oxygen atoms in total. The fourth-order valence-electron chi connectivity index (χ4n) is 5.54. The number of aromatic nitrogens is 1. The molecule has 2 saturated carbocycles. The lowest BCUT2D eigenvalue weighted by Gasteiger charge is -2.42. The van der Waals surface area contributed by atoms with Gasteiger partial charge in [0.2, 0.25) is 0 Å². The molecular formula is C27H32N2O2. The highest BCUT2D eigenvalue weighted by atomic mass is 16.3. The van der Waals surface area contributed by atoms with Crippen LogP contribution in [0.3, 0.4) is 0 Å². The monoisotopic (exact) mass is 416 g/mol. The zero-order chi connectivity index (χ0) is 21.2. The Morgan fingerprint density at radius 2 is 1.55 bits per heavy atom. The maximum Gasteiger partial charge on any atom is 0.255 e. The van der Waals surface area contributed by atoms with Crippen molar-refractivity contribution in [1.82, 2.24) is 9.88 Å². The highest BCUT2D eigenvalue weighted by molar-refractivity contribution is 6.07. The van der Waals surface area contributed by atoms with Crippen LogP contribution in [0.1, 0.15) is 80.3 Å². The van der Waals surface area contributed by atoms with Crippen molar-refractivity contribution in [2.75, 3.05) is 0 Å². The first-order valence-electron chi connectivity index (χ1n) is 12.0. The molecule has 1 amide bonds. The number of hydrogen-bond donors (Lipinski definition) is 0. The van der Waals surface area contributed by atoms with Crippen LogP contribution in [-0.2, 0) is 0 Å². The molecule has 0 saturated heterocycles. The van der Waals surface area contributed by atoms with Crippen LogP contribution in [0.2, 0.25) is 0 Å². The predicted molar refractivity (Wildman–Crippen MR) is 124 cm³/mol. The van der Waals surface area contributed by atoms with Crippen molar-refractivity contribution in [2.45, 2.75) is 83.2 Å². The van der Waals surface area contributed by atoms with Gasteiger partial charge in [-0.25, -0.2) is 4.98 Å². The number of nitrogens with zero attached hydrogens (tertiary/aromatic N) is 2. The summed E-state index contributed by atoms with van der Waals surface area (Å²) in [6.07, 6.45) is 12.1. The molecule has 0 atom stereocenters. The lowest BCUT2D eigenvalue weighted by atomic mass is 9.88. The van der Waals surface area contributed by atoms with Crippen LogP contribution in [0.15, 0.2) is 46.9 Å². The third-order valence-electron chi connectivity index (χ3n) is 7.11. The normalized spacial score (nSPS) is 18.4. The highest BCUT2D eigenvalue weighted by Crippen LogP contribution is 2.34. The third-order valence-corrected chi connectivity index (χ3v) is 7.11. The van der Waals surface area contributed by atoms with Gasteiger partial charge in [-0.3, -0.25) is 4.79 Å². The Hall–Kier alpha value is -2.62. The van der Waals surface area contributed by atoms with E-state index in [1.54, 1.807) is 0 Å². The maximum atomic E-state index is 14.2. The molecule has 2 aliphatic carbocycles. The Balaban J connectivity index is 1.60. The van der Waals surface area contributed by atoms with Gasteiger partial charge in [0, 0.05) is 17.5 Å². The second kappa shape index (κ2) is 8.86. The zero-order valence-corrected chi connectivity index (χ0v) is 18.5. The molecule has 2 aliphatic rings. The molecule has 0 unspecified atom stereocenters. The first-order valence-corrected chi connectivity index (χ1v) is 12.0. The van der Waals surface area contributed by atoms with E-state index in [1.165, 1.54) is 38.5 Å². The van der Waals surface area contributed by atoms with Gasteiger partial charge < -0.3 is 9.32 Å². The molecule has 0 N–H and O–H groups in total. The number of rotatable bonds is 4. The minimum absolute atomic E-state index is 0.182. The lowest BCUT2D eigenvalue weighted by molar-refractivity contribution is 0.0450. The summed E-state index contributed by atoms with van der Waals surface area (Å²) in [7, 11) is 0. The van der Waals surface area contributed by atoms with Gasteiger partial charge in [-0.05, 0) is 56.9 Å². The second-order valence-corrected chi connectivity index (χ2v) is 9.28. The van der Waals surface area contributed by atoms with Crippen molar-refractivity contribution in [1.29, 1.82) is 0 Å². The van der Waals surface area contributed by atoms with Crippen molar-refractivity contribution in [3.63, 3.8) is 0 Å². The van der Waals surface area contributed by atoms with Gasteiger partial charge in [0.15, 0.2) is 5.76 Å². The molecule has 2 aromatic heterocycles. The van der Waals surface area contributed by atoms with Gasteiger partial charge in [0.05, 0.1) is 11.1 Å². The molecular weight excluding hydrogens is 384 g/mol. The summed E-state index contributed by atoms with van der Waals surface area (Å²) < 4.78 is 5.86. The summed E-state index contributed by atoms with van der Waals surface area (Å²) in [6.45, 7) is 1.94. The quantitative estimate of drug-likeness (QED) is 0.464. The molecule has 0 aliphatic heterocycles. The standard InChI is InChI=1S/C27H32N2O2/c1-19-16-17-26(31-19)25-18-23(22-14-8-9-15-24(22)28-25)27(30)29(20-10-4-2-5-11-20)21-12-6-3-7-13-21/h8-9,14-18,20-21H,2-7,10-13H2,1H3. The van der Waals surface area contributed by atoms with E-state index in [2.05, 4.69) is 4.90 Å². The molecule has 2 fully saturated rings. The number of aryl methyl sites for hydroxylation is 1. The Bertz CT molecular complexity index is 1040. The number of fused-ring (bicyclic) bond motifs is 1. The van der Waals surface area contributed by atoms with E-state index in [0.29, 0.717) is 12.1 Å². The number of benzene rings is 1. The van der Waals surface area contributed by atoms with Crippen LogP contribution in [0, 0.1) is 6.92 Å². The molecule has 1 aromatic carbocycles. The Kier molecular flexibility index (Phi) is 5.80. The molecule has 31 heavy (non-hydrogen) atoms. The summed E-state index contributed by atoms with van der Waals surface area (Å²) in [5.74, 6) is 1.75. The number of hydrogen-bond acceptors (Lipinski definition) is 3. The maximum absolute atomic E-state index is 14.2. The van der Waals surface area contributed by atoms with E-state index in [9.17, 15) is 4.79 Å². The fraction of sp³-hybridized carbons (Fsp3) is 0.481. The first kappa shape index (κ1) is 20.3. The van der Waals surface area contributed by atoms with Crippen molar-refractivity contribution < 1.29 is 9.21 Å². The van der Waals surface area contributed by atoms with Crippen LogP contribution in [0.5, 0.6) is 0 Å². The largest absolute Gasteiger partial charge is 0.460 e. The molecule has 4 heteroatoms. The summed E-state index contributed by atoms with van der Waals surface area (Å²) in [5, 5.41) is 0.941. The summed E-state index contributed by atoms with van der Waals surface area (Å²) in [4.78, 5) is 21.3. The van der Waals surface area contributed by atoms with Gasteiger partial charge in [-0.2, -0.15) is 0 Å². The Labute approximate surface area is 184 Å². The van der Waals surface area contributed by atoms with E-state index in [0.717, 1.165) is 59.4 Å². The highest BCUT2D eigenvalue weighted by Gasteiger charge is 2.34. The van der Waals surface area contributed by atoms with E-state index in [-0.39, 0.29) is 5.91 Å². The number of amides is 1. The average molecular weight is 417 g/mol. The third kappa shape index (κ3) is 4.13. The Morgan fingerprint density at radius 3 is 2.16 bits per heavy atom. The topological polar surface area (TPSA) is 46.3 Å². The minimum atomic E-state index is 0.182. The van der Waals surface area contributed by atoms with Gasteiger partial charge in [0.25, 0.3) is 5.91 Å². The number of para-hydroxylation sites is 1. The van der Waals surface area contributed by atoms with Crippen molar-refractivity contribution in [3.8, 4) is 11.5 Å². The Morgan fingerprint density at radius 1 is 0.903 bits per heavy atom. The van der Waals surface area contributed by atoms with E-state index < -0.39 is 0 Å². The molecule has 2 heterocycles. The number of carbonyl (C=O) groups is 1. The first-order chi connectivity index (χ1) is 15.2. The summed E-state index contributed by atoms with van der Waals surface area (Å²) >= 11 is 0. The number of furan rings is 1. The average Bonchev–Trinajstić information content (AvgIpc) is 3.26. The molecule has 162 valence electrons. The van der Waals surface area contributed by atoms with E-state index >= 15 is 0 Å².